The SMILES string of the molecule is Cc1oc(-c2ccccc2)c(C(=O)NC[C@H]2CC[C@H](C(N)=O)O2)c1C. The molecule has 1 aliphatic rings. The minimum Gasteiger partial charge on any atom is -0.460 e. The molecular formula is C19H22N2O4. The standard InChI is InChI=1S/C19H22N2O4/c1-11-12(2)24-17(13-6-4-3-5-7-13)16(11)19(23)21-10-14-8-9-15(25-14)18(20)22/h3-7,14-15H,8-10H2,1-2H3,(H2,20,22)(H,21,23)/t14-,15-/m1/s1. The second-order valence-electron chi connectivity index (χ2n) is 6.29. The van der Waals surface area contributed by atoms with E-state index < -0.39 is 12.0 Å². The van der Waals surface area contributed by atoms with Gasteiger partial charge in [-0.25, -0.2) is 0 Å². The number of ether oxygens (including phenoxy) is 1. The average Bonchev–Trinajstić information content (AvgIpc) is 3.19. The highest BCUT2D eigenvalue weighted by Gasteiger charge is 2.30. The first-order valence-corrected chi connectivity index (χ1v) is 8.35. The van der Waals surface area contributed by atoms with Gasteiger partial charge in [0.15, 0.2) is 0 Å². The number of furan rings is 1. The molecule has 2 atom stereocenters. The van der Waals surface area contributed by atoms with Crippen molar-refractivity contribution < 1.29 is 18.7 Å². The Morgan fingerprint density at radius 1 is 1.20 bits per heavy atom. The molecule has 2 aromatic rings. The van der Waals surface area contributed by atoms with Crippen molar-refractivity contribution in [2.24, 2.45) is 5.73 Å². The van der Waals surface area contributed by atoms with E-state index >= 15 is 0 Å². The topological polar surface area (TPSA) is 94.6 Å². The van der Waals surface area contributed by atoms with Gasteiger partial charge in [0.25, 0.3) is 5.91 Å². The molecule has 2 amide bonds. The predicted octanol–water partition coefficient (Wildman–Crippen LogP) is 2.33. The van der Waals surface area contributed by atoms with Crippen molar-refractivity contribution in [1.29, 1.82) is 0 Å². The van der Waals surface area contributed by atoms with E-state index in [0.29, 0.717) is 30.7 Å². The van der Waals surface area contributed by atoms with E-state index in [-0.39, 0.29) is 12.0 Å². The van der Waals surface area contributed by atoms with Crippen LogP contribution in [-0.2, 0) is 9.53 Å². The molecule has 0 unspecified atom stereocenters. The Morgan fingerprint density at radius 3 is 2.56 bits per heavy atom. The van der Waals surface area contributed by atoms with E-state index in [0.717, 1.165) is 16.9 Å². The molecule has 1 saturated heterocycles. The molecule has 25 heavy (non-hydrogen) atoms. The summed E-state index contributed by atoms with van der Waals surface area (Å²) in [6.07, 6.45) is 0.535. The molecule has 2 heterocycles. The maximum absolute atomic E-state index is 12.7. The number of rotatable bonds is 5. The zero-order valence-corrected chi connectivity index (χ0v) is 14.4. The van der Waals surface area contributed by atoms with Crippen LogP contribution in [0.3, 0.4) is 0 Å². The number of hydrogen-bond acceptors (Lipinski definition) is 4. The third-order valence-corrected chi connectivity index (χ3v) is 4.56. The fraction of sp³-hybridized carbons (Fsp3) is 0.368. The summed E-state index contributed by atoms with van der Waals surface area (Å²) in [5.74, 6) is 0.617. The number of benzene rings is 1. The minimum atomic E-state index is -0.556. The van der Waals surface area contributed by atoms with Gasteiger partial charge in [0.2, 0.25) is 5.91 Å². The summed E-state index contributed by atoms with van der Waals surface area (Å²) >= 11 is 0. The molecule has 6 heteroatoms. The third kappa shape index (κ3) is 3.58. The summed E-state index contributed by atoms with van der Waals surface area (Å²) in [6.45, 7) is 4.05. The van der Waals surface area contributed by atoms with Crippen LogP contribution in [0.5, 0.6) is 0 Å². The van der Waals surface area contributed by atoms with Crippen molar-refractivity contribution in [1.82, 2.24) is 5.32 Å². The van der Waals surface area contributed by atoms with Gasteiger partial charge in [-0.1, -0.05) is 30.3 Å². The lowest BCUT2D eigenvalue weighted by Crippen LogP contribution is -2.34. The van der Waals surface area contributed by atoms with Gasteiger partial charge in [-0.2, -0.15) is 0 Å². The number of hydrogen-bond donors (Lipinski definition) is 2. The van der Waals surface area contributed by atoms with Crippen LogP contribution in [0.4, 0.5) is 0 Å². The van der Waals surface area contributed by atoms with Crippen LogP contribution in [0.2, 0.25) is 0 Å². The van der Waals surface area contributed by atoms with Crippen LogP contribution in [0, 0.1) is 13.8 Å². The number of aryl methyl sites for hydroxylation is 1. The zero-order chi connectivity index (χ0) is 18.0. The molecule has 1 aromatic carbocycles. The van der Waals surface area contributed by atoms with Gasteiger partial charge in [0, 0.05) is 17.7 Å². The average molecular weight is 342 g/mol. The molecule has 1 fully saturated rings. The van der Waals surface area contributed by atoms with Gasteiger partial charge in [-0.3, -0.25) is 9.59 Å². The summed E-state index contributed by atoms with van der Waals surface area (Å²) in [4.78, 5) is 23.9. The lowest BCUT2D eigenvalue weighted by molar-refractivity contribution is -0.128. The Morgan fingerprint density at radius 2 is 1.92 bits per heavy atom. The Balaban J connectivity index is 1.73. The quantitative estimate of drug-likeness (QED) is 0.872. The van der Waals surface area contributed by atoms with Crippen molar-refractivity contribution in [3.63, 3.8) is 0 Å². The van der Waals surface area contributed by atoms with Crippen LogP contribution in [0.25, 0.3) is 11.3 Å². The maximum atomic E-state index is 12.7. The third-order valence-electron chi connectivity index (χ3n) is 4.56. The van der Waals surface area contributed by atoms with E-state index in [4.69, 9.17) is 14.9 Å². The predicted molar refractivity (Wildman–Crippen MR) is 93.0 cm³/mol. The molecule has 1 aliphatic heterocycles. The molecule has 132 valence electrons. The van der Waals surface area contributed by atoms with E-state index in [2.05, 4.69) is 5.32 Å². The molecule has 3 N–H and O–H groups in total. The monoisotopic (exact) mass is 342 g/mol. The highest BCUT2D eigenvalue weighted by Crippen LogP contribution is 2.31. The van der Waals surface area contributed by atoms with Crippen molar-refractivity contribution in [3.8, 4) is 11.3 Å². The first-order valence-electron chi connectivity index (χ1n) is 8.35. The smallest absolute Gasteiger partial charge is 0.255 e. The maximum Gasteiger partial charge on any atom is 0.255 e. The van der Waals surface area contributed by atoms with Crippen LogP contribution in [-0.4, -0.2) is 30.6 Å². The Kier molecular flexibility index (Phi) is 4.90. The summed E-state index contributed by atoms with van der Waals surface area (Å²) in [5.41, 5.74) is 7.46. The Labute approximate surface area is 146 Å². The highest BCUT2D eigenvalue weighted by molar-refractivity contribution is 6.01. The van der Waals surface area contributed by atoms with Crippen molar-refractivity contribution >= 4 is 11.8 Å². The van der Waals surface area contributed by atoms with Crippen LogP contribution in [0.15, 0.2) is 34.7 Å². The van der Waals surface area contributed by atoms with E-state index in [1.807, 2.05) is 44.2 Å². The fourth-order valence-electron chi connectivity index (χ4n) is 3.05. The Bertz CT molecular complexity index is 782. The molecule has 0 saturated carbocycles. The molecule has 0 radical (unpaired) electrons. The zero-order valence-electron chi connectivity index (χ0n) is 14.4. The summed E-state index contributed by atoms with van der Waals surface area (Å²) in [7, 11) is 0. The molecule has 6 nitrogen and oxygen atoms in total. The van der Waals surface area contributed by atoms with Crippen LogP contribution >= 0.6 is 0 Å². The van der Waals surface area contributed by atoms with Gasteiger partial charge >= 0.3 is 0 Å². The first kappa shape index (κ1) is 17.2. The summed E-state index contributed by atoms with van der Waals surface area (Å²) in [5, 5.41) is 2.89. The van der Waals surface area contributed by atoms with Gasteiger partial charge in [-0.05, 0) is 26.7 Å². The summed E-state index contributed by atoms with van der Waals surface area (Å²) < 4.78 is 11.4. The minimum absolute atomic E-state index is 0.199. The van der Waals surface area contributed by atoms with E-state index in [9.17, 15) is 9.59 Å². The number of nitrogens with one attached hydrogen (secondary N) is 1. The highest BCUT2D eigenvalue weighted by atomic mass is 16.5. The van der Waals surface area contributed by atoms with E-state index in [1.54, 1.807) is 0 Å². The number of nitrogens with two attached hydrogens (primary N) is 1. The molecule has 1 aromatic heterocycles. The van der Waals surface area contributed by atoms with Crippen LogP contribution < -0.4 is 11.1 Å². The number of carbonyl (C=O) groups is 2. The summed E-state index contributed by atoms with van der Waals surface area (Å²) in [6, 6.07) is 9.54. The van der Waals surface area contributed by atoms with Gasteiger partial charge in [0.05, 0.1) is 11.7 Å². The van der Waals surface area contributed by atoms with Crippen molar-refractivity contribution in [2.45, 2.75) is 38.9 Å². The van der Waals surface area contributed by atoms with Gasteiger partial charge in [-0.15, -0.1) is 0 Å². The second kappa shape index (κ2) is 7.11. The lowest BCUT2D eigenvalue weighted by Gasteiger charge is -2.13. The fourth-order valence-corrected chi connectivity index (χ4v) is 3.05. The van der Waals surface area contributed by atoms with Gasteiger partial charge in [0.1, 0.15) is 17.6 Å². The first-order chi connectivity index (χ1) is 12.0. The normalized spacial score (nSPS) is 19.8. The molecule has 0 bridgehead atoms. The Hall–Kier alpha value is -2.60. The van der Waals surface area contributed by atoms with Crippen LogP contribution in [0.1, 0.15) is 34.5 Å². The number of primary amides is 1. The second-order valence-corrected chi connectivity index (χ2v) is 6.29. The van der Waals surface area contributed by atoms with Crippen molar-refractivity contribution in [2.75, 3.05) is 6.54 Å². The van der Waals surface area contributed by atoms with E-state index in [1.165, 1.54) is 0 Å². The molecule has 0 spiro atoms. The molecule has 3 rings (SSSR count). The van der Waals surface area contributed by atoms with Crippen molar-refractivity contribution in [3.05, 3.63) is 47.2 Å². The molecule has 0 aliphatic carbocycles. The molecular weight excluding hydrogens is 320 g/mol. The van der Waals surface area contributed by atoms with Gasteiger partial charge < -0.3 is 20.2 Å². The number of amides is 2. The number of carbonyl (C=O) groups excluding carboxylic acids is 2. The lowest BCUT2D eigenvalue weighted by atomic mass is 10.0. The largest absolute Gasteiger partial charge is 0.460 e.